The molecule has 0 spiro atoms. The number of rotatable bonds is 6. The molecule has 1 N–H and O–H groups in total. The lowest BCUT2D eigenvalue weighted by Gasteiger charge is -2.39. The number of fused-ring (bicyclic) bond motifs is 2. The highest BCUT2D eigenvalue weighted by molar-refractivity contribution is 6.10. The Morgan fingerprint density at radius 3 is 1.86 bits per heavy atom. The van der Waals surface area contributed by atoms with Crippen molar-refractivity contribution < 1.29 is 14.7 Å². The second kappa shape index (κ2) is 9.80. The first-order valence-corrected chi connectivity index (χ1v) is 13.8. The van der Waals surface area contributed by atoms with Crippen molar-refractivity contribution in [2.45, 2.75) is 77.3 Å². The number of nitrogens with zero attached hydrogens (tertiary/aromatic N) is 3. The molecule has 2 aliphatic heterocycles. The molecule has 0 atom stereocenters. The minimum absolute atomic E-state index is 0.0349. The molecule has 6 nitrogen and oxygen atoms in total. The first-order valence-electron chi connectivity index (χ1n) is 13.8. The summed E-state index contributed by atoms with van der Waals surface area (Å²) in [5, 5.41) is 12.6. The number of hydrogen-bond donors (Lipinski definition) is 1. The average molecular weight is 502 g/mol. The zero-order valence-corrected chi connectivity index (χ0v) is 22.6. The van der Waals surface area contributed by atoms with Gasteiger partial charge >= 0.3 is 0 Å². The van der Waals surface area contributed by atoms with Crippen LogP contribution in [0.2, 0.25) is 0 Å². The molecule has 3 aromatic rings. The Labute approximate surface area is 219 Å². The number of aromatic hydroxyl groups is 1. The monoisotopic (exact) mass is 501 g/mol. The van der Waals surface area contributed by atoms with Gasteiger partial charge in [-0.3, -0.25) is 19.4 Å². The third-order valence-electron chi connectivity index (χ3n) is 8.67. The Hall–Kier alpha value is -2.83. The van der Waals surface area contributed by atoms with E-state index in [4.69, 9.17) is 4.98 Å². The summed E-state index contributed by atoms with van der Waals surface area (Å²) in [5.41, 5.74) is 1.07. The number of carbonyl (C=O) groups excluding carboxylic acids is 2. The number of piperidine rings is 2. The third-order valence-corrected chi connectivity index (χ3v) is 8.67. The van der Waals surface area contributed by atoms with Crippen LogP contribution in [0.1, 0.15) is 86.9 Å². The lowest BCUT2D eigenvalue weighted by molar-refractivity contribution is 0.0574. The molecule has 0 bridgehead atoms. The molecular formula is C31H39N3O3. The van der Waals surface area contributed by atoms with Gasteiger partial charge in [-0.15, -0.1) is 0 Å². The lowest BCUT2D eigenvalue weighted by Crippen LogP contribution is -2.52. The van der Waals surface area contributed by atoms with Crippen LogP contribution in [0, 0.1) is 0 Å². The predicted molar refractivity (Wildman–Crippen MR) is 149 cm³/mol. The van der Waals surface area contributed by atoms with Crippen molar-refractivity contribution in [2.24, 2.45) is 0 Å². The Balaban J connectivity index is 1.51. The summed E-state index contributed by atoms with van der Waals surface area (Å²) in [6, 6.07) is 11.0. The van der Waals surface area contributed by atoms with Crippen molar-refractivity contribution in [1.82, 2.24) is 14.8 Å². The van der Waals surface area contributed by atoms with E-state index in [-0.39, 0.29) is 17.3 Å². The van der Waals surface area contributed by atoms with Gasteiger partial charge in [0, 0.05) is 16.3 Å². The van der Waals surface area contributed by atoms with E-state index in [1.54, 1.807) is 6.07 Å². The minimum atomic E-state index is -0.699. The van der Waals surface area contributed by atoms with Crippen molar-refractivity contribution in [3.8, 4) is 5.75 Å². The fourth-order valence-electron chi connectivity index (χ4n) is 6.09. The van der Waals surface area contributed by atoms with Crippen LogP contribution in [0.5, 0.6) is 5.75 Å². The molecule has 2 aliphatic rings. The van der Waals surface area contributed by atoms with Crippen molar-refractivity contribution in [2.75, 3.05) is 26.2 Å². The number of hydrogen-bond acceptors (Lipinski definition) is 6. The zero-order valence-electron chi connectivity index (χ0n) is 22.6. The van der Waals surface area contributed by atoms with E-state index < -0.39 is 11.1 Å². The number of pyridine rings is 1. The lowest BCUT2D eigenvalue weighted by atomic mass is 9.88. The Morgan fingerprint density at radius 1 is 0.730 bits per heavy atom. The molecule has 2 saturated heterocycles. The number of Topliss-reactive ketones (excluding diaryl/α,β-unsaturated/α-hetero) is 2. The molecule has 0 saturated carbocycles. The second-order valence-corrected chi connectivity index (χ2v) is 11.8. The smallest absolute Gasteiger partial charge is 0.186 e. The number of benzene rings is 2. The Morgan fingerprint density at radius 2 is 1.27 bits per heavy atom. The molecule has 1 aromatic heterocycles. The highest BCUT2D eigenvalue weighted by atomic mass is 16.3. The number of phenolic OH excluding ortho intramolecular Hbond substituents is 1. The van der Waals surface area contributed by atoms with Gasteiger partial charge in [0.15, 0.2) is 11.6 Å². The molecule has 6 heteroatoms. The summed E-state index contributed by atoms with van der Waals surface area (Å²) < 4.78 is 0. The second-order valence-electron chi connectivity index (χ2n) is 11.8. The first-order chi connectivity index (χ1) is 17.6. The van der Waals surface area contributed by atoms with Crippen molar-refractivity contribution in [3.63, 3.8) is 0 Å². The van der Waals surface area contributed by atoms with Gasteiger partial charge in [-0.2, -0.15) is 0 Å². The largest absolute Gasteiger partial charge is 0.506 e. The molecule has 0 aliphatic carbocycles. The van der Waals surface area contributed by atoms with E-state index in [2.05, 4.69) is 9.80 Å². The molecule has 3 heterocycles. The van der Waals surface area contributed by atoms with Crippen LogP contribution in [0.3, 0.4) is 0 Å². The van der Waals surface area contributed by atoms with Gasteiger partial charge in [-0.1, -0.05) is 12.8 Å². The van der Waals surface area contributed by atoms with E-state index >= 15 is 0 Å². The van der Waals surface area contributed by atoms with Crippen molar-refractivity contribution in [3.05, 3.63) is 47.5 Å². The summed E-state index contributed by atoms with van der Waals surface area (Å²) in [7, 11) is 0. The maximum Gasteiger partial charge on any atom is 0.186 e. The standard InChI is InChI=1S/C31H39N3O3/c1-30(2,33-15-7-5-8-16-33)28(36)21-11-13-25-22(19-21)20-24-26(32-25)14-12-23(27(24)35)29(37)31(3,4)34-17-9-6-10-18-34/h11-14,19-20,35H,5-10,15-18H2,1-4H3. The highest BCUT2D eigenvalue weighted by Gasteiger charge is 2.38. The third kappa shape index (κ3) is 4.66. The van der Waals surface area contributed by atoms with Gasteiger partial charge in [0.25, 0.3) is 0 Å². The SMILES string of the molecule is CC(C)(C(=O)c1ccc2nc3ccc(C(=O)C(C)(C)N4CCCCC4)c(O)c3cc2c1)N1CCCCC1. The summed E-state index contributed by atoms with van der Waals surface area (Å²) >= 11 is 0. The van der Waals surface area contributed by atoms with Crippen LogP contribution in [0.25, 0.3) is 21.8 Å². The van der Waals surface area contributed by atoms with Gasteiger partial charge in [0.2, 0.25) is 0 Å². The van der Waals surface area contributed by atoms with E-state index in [9.17, 15) is 14.7 Å². The molecule has 0 radical (unpaired) electrons. The topological polar surface area (TPSA) is 73.7 Å². The maximum atomic E-state index is 13.6. The van der Waals surface area contributed by atoms with Crippen LogP contribution in [0.4, 0.5) is 0 Å². The summed E-state index contributed by atoms with van der Waals surface area (Å²) in [4.78, 5) is 36.5. The van der Waals surface area contributed by atoms with Gasteiger partial charge < -0.3 is 5.11 Å². The number of likely N-dealkylation sites (tertiary alicyclic amines) is 2. The fraction of sp³-hybridized carbons (Fsp3) is 0.516. The van der Waals surface area contributed by atoms with E-state index in [1.807, 2.05) is 58.0 Å². The van der Waals surface area contributed by atoms with Crippen LogP contribution in [-0.2, 0) is 0 Å². The molecule has 5 rings (SSSR count). The maximum absolute atomic E-state index is 13.6. The number of phenols is 1. The molecule has 0 unspecified atom stereocenters. The molecule has 2 aromatic carbocycles. The molecular weight excluding hydrogens is 462 g/mol. The van der Waals surface area contributed by atoms with E-state index in [1.165, 1.54) is 12.8 Å². The summed E-state index contributed by atoms with van der Waals surface area (Å²) in [6.07, 6.45) is 6.84. The van der Waals surface area contributed by atoms with Crippen LogP contribution in [0.15, 0.2) is 36.4 Å². The van der Waals surface area contributed by atoms with Crippen LogP contribution >= 0.6 is 0 Å². The molecule has 2 fully saturated rings. The van der Waals surface area contributed by atoms with Crippen molar-refractivity contribution in [1.29, 1.82) is 0 Å². The summed E-state index contributed by atoms with van der Waals surface area (Å²) in [6.45, 7) is 11.6. The van der Waals surface area contributed by atoms with E-state index in [0.717, 1.165) is 62.8 Å². The van der Waals surface area contributed by atoms with Crippen LogP contribution < -0.4 is 0 Å². The fourth-order valence-corrected chi connectivity index (χ4v) is 6.09. The molecule has 37 heavy (non-hydrogen) atoms. The van der Waals surface area contributed by atoms with Gasteiger partial charge in [0.05, 0.1) is 27.7 Å². The quantitative estimate of drug-likeness (QED) is 0.330. The number of aromatic nitrogens is 1. The Kier molecular flexibility index (Phi) is 6.84. The van der Waals surface area contributed by atoms with E-state index in [0.29, 0.717) is 22.0 Å². The number of carbonyl (C=O) groups is 2. The molecule has 196 valence electrons. The first kappa shape index (κ1) is 25.8. The van der Waals surface area contributed by atoms with Gasteiger partial charge in [-0.05, 0) is 116 Å². The van der Waals surface area contributed by atoms with Crippen molar-refractivity contribution >= 4 is 33.4 Å². The van der Waals surface area contributed by atoms with Gasteiger partial charge in [-0.25, -0.2) is 4.98 Å². The zero-order chi connectivity index (χ0) is 26.4. The number of ketones is 2. The summed E-state index contributed by atoms with van der Waals surface area (Å²) in [5.74, 6) is -0.0266. The highest BCUT2D eigenvalue weighted by Crippen LogP contribution is 2.35. The minimum Gasteiger partial charge on any atom is -0.506 e. The predicted octanol–water partition coefficient (Wildman–Crippen LogP) is 5.99. The normalized spacial score (nSPS) is 18.4. The Bertz CT molecular complexity index is 1350. The average Bonchev–Trinajstić information content (AvgIpc) is 2.92. The molecule has 0 amide bonds. The van der Waals surface area contributed by atoms with Gasteiger partial charge in [0.1, 0.15) is 5.75 Å². The van der Waals surface area contributed by atoms with Crippen LogP contribution in [-0.4, -0.2) is 68.7 Å².